The summed E-state index contributed by atoms with van der Waals surface area (Å²) in [4.78, 5) is 0. The van der Waals surface area contributed by atoms with Crippen LogP contribution in [0.4, 0.5) is 0 Å². The van der Waals surface area contributed by atoms with E-state index in [1.165, 1.54) is 0 Å². The second-order valence-electron chi connectivity index (χ2n) is 7.51. The van der Waals surface area contributed by atoms with Crippen LogP contribution in [0.5, 0.6) is 0 Å². The number of nitriles is 4. The minimum Gasteiger partial charge on any atom is -0.192 e. The molecule has 0 saturated heterocycles. The Labute approximate surface area is 195 Å². The zero-order valence-electron chi connectivity index (χ0n) is 18.0. The van der Waals surface area contributed by atoms with Gasteiger partial charge in [0.05, 0.1) is 0 Å². The predicted molar refractivity (Wildman–Crippen MR) is 127 cm³/mol. The Morgan fingerprint density at radius 1 is 0.324 bits per heavy atom. The van der Waals surface area contributed by atoms with Gasteiger partial charge in [0.2, 0.25) is 0 Å². The first-order valence-corrected chi connectivity index (χ1v) is 10.4. The summed E-state index contributed by atoms with van der Waals surface area (Å²) in [5, 5.41) is 43.6. The molecule has 34 heavy (non-hydrogen) atoms. The summed E-state index contributed by atoms with van der Waals surface area (Å²) in [6.45, 7) is 0. The molecule has 0 aliphatic heterocycles. The van der Waals surface area contributed by atoms with Crippen molar-refractivity contribution < 1.29 is 0 Å². The highest BCUT2D eigenvalue weighted by Gasteiger charge is 1.94. The lowest BCUT2D eigenvalue weighted by Gasteiger charge is -1.94. The summed E-state index contributed by atoms with van der Waals surface area (Å²) >= 11 is 0. The summed E-state index contributed by atoms with van der Waals surface area (Å²) in [5.74, 6) is 0. The van der Waals surface area contributed by atoms with E-state index in [4.69, 9.17) is 21.0 Å². The third kappa shape index (κ3) is 4.44. The highest BCUT2D eigenvalue weighted by molar-refractivity contribution is 5.72. The van der Waals surface area contributed by atoms with Crippen molar-refractivity contribution >= 4 is 11.1 Å². The van der Waals surface area contributed by atoms with Gasteiger partial charge in [-0.3, -0.25) is 0 Å². The first kappa shape index (κ1) is 21.8. The SMILES string of the molecule is N#CC(C#N)=c1ccc(=c2ccc(=c3ccc(=c4ccc(=C(C#N)C#N)cc4)cc3)cc2)cc1. The third-order valence-corrected chi connectivity index (χ3v) is 5.56. The fourth-order valence-corrected chi connectivity index (χ4v) is 3.68. The molecule has 156 valence electrons. The average molecular weight is 432 g/mol. The lowest BCUT2D eigenvalue weighted by Crippen LogP contribution is -2.02. The molecule has 0 aromatic heterocycles. The highest BCUT2D eigenvalue weighted by atomic mass is 14.3. The van der Waals surface area contributed by atoms with Crippen molar-refractivity contribution in [1.29, 1.82) is 21.0 Å². The number of nitrogens with zero attached hydrogens (tertiary/aromatic N) is 4. The standard InChI is InChI=1S/C30H16N4/c31-17-29(18-32)27-13-9-25(10-14-27)23-5-1-21(2-6-23)22-3-7-24(8-4-22)26-11-15-28(16-12-26)30(19-33)20-34/h1-16H. The molecule has 0 N–H and O–H groups in total. The minimum absolute atomic E-state index is 0.105. The van der Waals surface area contributed by atoms with Crippen molar-refractivity contribution in [2.45, 2.75) is 0 Å². The van der Waals surface area contributed by atoms with E-state index in [9.17, 15) is 0 Å². The Hall–Kier alpha value is -5.42. The number of hydrogen-bond acceptors (Lipinski definition) is 4. The summed E-state index contributed by atoms with van der Waals surface area (Å²) in [5.41, 5.74) is 0.211. The maximum Gasteiger partial charge on any atom is 0.136 e. The van der Waals surface area contributed by atoms with E-state index in [0.29, 0.717) is 10.4 Å². The van der Waals surface area contributed by atoms with Crippen molar-refractivity contribution in [2.24, 2.45) is 0 Å². The van der Waals surface area contributed by atoms with Crippen LogP contribution in [0.15, 0.2) is 97.1 Å². The number of benzene rings is 4. The fraction of sp³-hybridized carbons (Fsp3) is 0. The zero-order chi connectivity index (χ0) is 23.9. The van der Waals surface area contributed by atoms with E-state index in [-0.39, 0.29) is 11.1 Å². The van der Waals surface area contributed by atoms with Gasteiger partial charge in [-0.1, -0.05) is 97.1 Å². The molecule has 4 aromatic rings. The molecule has 4 heteroatoms. The minimum atomic E-state index is 0.105. The molecule has 0 saturated carbocycles. The maximum atomic E-state index is 9.00. The maximum absolute atomic E-state index is 9.00. The van der Waals surface area contributed by atoms with Crippen molar-refractivity contribution in [1.82, 2.24) is 0 Å². The van der Waals surface area contributed by atoms with Crippen LogP contribution in [0, 0.1) is 76.6 Å². The van der Waals surface area contributed by atoms with Crippen LogP contribution in [0.3, 0.4) is 0 Å². The van der Waals surface area contributed by atoms with Gasteiger partial charge in [-0.25, -0.2) is 0 Å². The normalized spacial score (nSPS) is 9.65. The van der Waals surface area contributed by atoms with Crippen LogP contribution >= 0.6 is 0 Å². The first-order chi connectivity index (χ1) is 16.7. The average Bonchev–Trinajstić information content (AvgIpc) is 2.91. The summed E-state index contributed by atoms with van der Waals surface area (Å²) in [6, 6.07) is 38.9. The fourth-order valence-electron chi connectivity index (χ4n) is 3.68. The topological polar surface area (TPSA) is 95.2 Å². The molecule has 0 atom stereocenters. The van der Waals surface area contributed by atoms with E-state index >= 15 is 0 Å². The van der Waals surface area contributed by atoms with E-state index in [1.807, 2.05) is 48.5 Å². The van der Waals surface area contributed by atoms with Gasteiger partial charge in [0, 0.05) is 10.4 Å². The van der Waals surface area contributed by atoms with Gasteiger partial charge >= 0.3 is 0 Å². The van der Waals surface area contributed by atoms with Crippen molar-refractivity contribution in [3.05, 3.63) is 139 Å². The zero-order valence-corrected chi connectivity index (χ0v) is 18.0. The van der Waals surface area contributed by atoms with Gasteiger partial charge in [0.15, 0.2) is 0 Å². The molecule has 4 aromatic carbocycles. The molecular formula is C30H16N4. The molecule has 0 heterocycles. The molecule has 0 spiro atoms. The predicted octanol–water partition coefficient (Wildman–Crippen LogP) is 3.94. The van der Waals surface area contributed by atoms with Crippen LogP contribution in [-0.4, -0.2) is 0 Å². The number of rotatable bonds is 0. The Morgan fingerprint density at radius 2 is 0.500 bits per heavy atom. The largest absolute Gasteiger partial charge is 0.192 e. The quantitative estimate of drug-likeness (QED) is 0.420. The molecule has 4 rings (SSSR count). The van der Waals surface area contributed by atoms with Crippen molar-refractivity contribution in [3.63, 3.8) is 0 Å². The smallest absolute Gasteiger partial charge is 0.136 e. The molecule has 0 amide bonds. The molecule has 0 unspecified atom stereocenters. The molecule has 0 aliphatic carbocycles. The molecule has 0 radical (unpaired) electrons. The molecule has 0 fully saturated rings. The summed E-state index contributed by atoms with van der Waals surface area (Å²) in [6.07, 6.45) is 0. The Balaban J connectivity index is 1.79. The van der Waals surface area contributed by atoms with Gasteiger partial charge < -0.3 is 0 Å². The Bertz CT molecular complexity index is 1740. The molecular weight excluding hydrogens is 416 g/mol. The second-order valence-corrected chi connectivity index (χ2v) is 7.51. The van der Waals surface area contributed by atoms with Crippen LogP contribution in [0.25, 0.3) is 11.1 Å². The van der Waals surface area contributed by atoms with Crippen LogP contribution in [0.2, 0.25) is 0 Å². The van der Waals surface area contributed by atoms with Crippen LogP contribution < -0.4 is 10.4 Å². The van der Waals surface area contributed by atoms with Gasteiger partial charge in [-0.15, -0.1) is 0 Å². The third-order valence-electron chi connectivity index (χ3n) is 5.56. The monoisotopic (exact) mass is 432 g/mol. The summed E-state index contributed by atoms with van der Waals surface area (Å²) < 4.78 is 0. The van der Waals surface area contributed by atoms with Gasteiger partial charge in [0.25, 0.3) is 0 Å². The molecule has 0 aliphatic rings. The Kier molecular flexibility index (Phi) is 6.29. The van der Waals surface area contributed by atoms with Gasteiger partial charge in [-0.05, 0) is 31.3 Å². The van der Waals surface area contributed by atoms with Gasteiger partial charge in [0.1, 0.15) is 35.4 Å². The van der Waals surface area contributed by atoms with Crippen LogP contribution in [0.1, 0.15) is 0 Å². The van der Waals surface area contributed by atoms with Crippen molar-refractivity contribution in [2.75, 3.05) is 0 Å². The number of hydrogen-bond donors (Lipinski definition) is 0. The van der Waals surface area contributed by atoms with E-state index in [0.717, 1.165) is 31.3 Å². The lowest BCUT2D eigenvalue weighted by molar-refractivity contribution is 1.40. The van der Waals surface area contributed by atoms with Crippen molar-refractivity contribution in [3.8, 4) is 24.3 Å². The lowest BCUT2D eigenvalue weighted by atomic mass is 10.1. The van der Waals surface area contributed by atoms with Crippen LogP contribution in [-0.2, 0) is 0 Å². The highest BCUT2D eigenvalue weighted by Crippen LogP contribution is 2.03. The molecule has 4 nitrogen and oxygen atoms in total. The first-order valence-electron chi connectivity index (χ1n) is 10.4. The van der Waals surface area contributed by atoms with Gasteiger partial charge in [-0.2, -0.15) is 21.0 Å². The van der Waals surface area contributed by atoms with E-state index in [2.05, 4.69) is 48.5 Å². The molecule has 0 bridgehead atoms. The second kappa shape index (κ2) is 9.80. The van der Waals surface area contributed by atoms with E-state index in [1.54, 1.807) is 24.3 Å². The summed E-state index contributed by atoms with van der Waals surface area (Å²) in [7, 11) is 0. The van der Waals surface area contributed by atoms with E-state index < -0.39 is 0 Å². The Morgan fingerprint density at radius 3 is 0.676 bits per heavy atom.